The Labute approximate surface area is 102 Å². The zero-order chi connectivity index (χ0) is 12.3. The highest BCUT2D eigenvalue weighted by Crippen LogP contribution is 2.12. The van der Waals surface area contributed by atoms with Gasteiger partial charge in [0.05, 0.1) is 6.20 Å². The van der Waals surface area contributed by atoms with Crippen molar-refractivity contribution in [2.45, 2.75) is 33.4 Å². The lowest BCUT2D eigenvalue weighted by Gasteiger charge is -2.06. The summed E-state index contributed by atoms with van der Waals surface area (Å²) >= 11 is 0. The largest absolute Gasteiger partial charge is 0.381 e. The van der Waals surface area contributed by atoms with Crippen molar-refractivity contribution < 1.29 is 0 Å². The van der Waals surface area contributed by atoms with E-state index in [0.29, 0.717) is 6.04 Å². The van der Waals surface area contributed by atoms with Crippen LogP contribution in [0.4, 0.5) is 5.69 Å². The summed E-state index contributed by atoms with van der Waals surface area (Å²) in [4.78, 5) is 0. The van der Waals surface area contributed by atoms with Crippen LogP contribution in [0.2, 0.25) is 0 Å². The average Bonchev–Trinajstić information content (AvgIpc) is 2.75. The zero-order valence-corrected chi connectivity index (χ0v) is 10.6. The second-order valence-corrected chi connectivity index (χ2v) is 4.65. The molecule has 0 fully saturated rings. The summed E-state index contributed by atoms with van der Waals surface area (Å²) in [6.07, 6.45) is 4.01. The zero-order valence-electron chi connectivity index (χ0n) is 10.6. The van der Waals surface area contributed by atoms with E-state index < -0.39 is 0 Å². The lowest BCUT2D eigenvalue weighted by atomic mass is 10.2. The fourth-order valence-corrected chi connectivity index (χ4v) is 1.71. The number of aryl methyl sites for hydroxylation is 1. The lowest BCUT2D eigenvalue weighted by molar-refractivity contribution is 0.532. The predicted molar refractivity (Wildman–Crippen MR) is 71.1 cm³/mol. The van der Waals surface area contributed by atoms with Crippen LogP contribution in [-0.2, 0) is 6.54 Å². The minimum Gasteiger partial charge on any atom is -0.381 e. The molecular formula is C14H19N3. The fraction of sp³-hybridized carbons (Fsp3) is 0.357. The molecule has 17 heavy (non-hydrogen) atoms. The van der Waals surface area contributed by atoms with E-state index in [1.54, 1.807) is 0 Å². The van der Waals surface area contributed by atoms with Gasteiger partial charge in [0.15, 0.2) is 0 Å². The average molecular weight is 229 g/mol. The van der Waals surface area contributed by atoms with Crippen molar-refractivity contribution >= 4 is 5.69 Å². The molecule has 0 spiro atoms. The first-order chi connectivity index (χ1) is 8.15. The highest BCUT2D eigenvalue weighted by atomic mass is 15.3. The number of nitrogens with one attached hydrogen (secondary N) is 1. The Hall–Kier alpha value is -1.77. The van der Waals surface area contributed by atoms with Gasteiger partial charge in [-0.2, -0.15) is 5.10 Å². The Morgan fingerprint density at radius 2 is 2.18 bits per heavy atom. The smallest absolute Gasteiger partial charge is 0.0539 e. The molecule has 1 N–H and O–H groups in total. The van der Waals surface area contributed by atoms with Gasteiger partial charge in [-0.25, -0.2) is 0 Å². The molecule has 90 valence electrons. The summed E-state index contributed by atoms with van der Waals surface area (Å²) in [6, 6.07) is 8.81. The molecule has 0 aliphatic rings. The molecule has 1 aromatic heterocycles. The van der Waals surface area contributed by atoms with Crippen LogP contribution in [0.3, 0.4) is 0 Å². The van der Waals surface area contributed by atoms with Gasteiger partial charge in [0.25, 0.3) is 0 Å². The first-order valence-corrected chi connectivity index (χ1v) is 5.99. The summed E-state index contributed by atoms with van der Waals surface area (Å²) in [7, 11) is 0. The predicted octanol–water partition coefficient (Wildman–Crippen LogP) is 3.38. The van der Waals surface area contributed by atoms with Gasteiger partial charge in [-0.05, 0) is 38.5 Å². The minimum absolute atomic E-state index is 0.419. The Balaban J connectivity index is 1.97. The second-order valence-electron chi connectivity index (χ2n) is 4.65. The van der Waals surface area contributed by atoms with Gasteiger partial charge in [-0.3, -0.25) is 4.68 Å². The third-order valence-electron chi connectivity index (χ3n) is 2.70. The number of rotatable bonds is 4. The van der Waals surface area contributed by atoms with Crippen LogP contribution in [0.15, 0.2) is 36.7 Å². The molecule has 0 saturated heterocycles. The van der Waals surface area contributed by atoms with E-state index in [-0.39, 0.29) is 0 Å². The summed E-state index contributed by atoms with van der Waals surface area (Å²) < 4.78 is 1.98. The van der Waals surface area contributed by atoms with Gasteiger partial charge < -0.3 is 5.32 Å². The molecule has 3 heteroatoms. The van der Waals surface area contributed by atoms with Crippen molar-refractivity contribution in [1.82, 2.24) is 9.78 Å². The van der Waals surface area contributed by atoms with Crippen LogP contribution < -0.4 is 5.32 Å². The Morgan fingerprint density at radius 1 is 1.35 bits per heavy atom. The number of aromatic nitrogens is 2. The van der Waals surface area contributed by atoms with Gasteiger partial charge in [-0.1, -0.05) is 12.1 Å². The Morgan fingerprint density at radius 3 is 2.82 bits per heavy atom. The molecule has 0 aliphatic carbocycles. The van der Waals surface area contributed by atoms with Crippen LogP contribution in [0, 0.1) is 6.92 Å². The first-order valence-electron chi connectivity index (χ1n) is 5.99. The molecule has 2 aromatic rings. The molecule has 0 bridgehead atoms. The van der Waals surface area contributed by atoms with Gasteiger partial charge in [0.2, 0.25) is 0 Å². The maximum absolute atomic E-state index is 4.32. The number of benzene rings is 1. The van der Waals surface area contributed by atoms with Crippen LogP contribution in [-0.4, -0.2) is 9.78 Å². The summed E-state index contributed by atoms with van der Waals surface area (Å²) in [5, 5.41) is 7.72. The number of hydrogen-bond acceptors (Lipinski definition) is 2. The monoisotopic (exact) mass is 229 g/mol. The molecule has 0 amide bonds. The van der Waals surface area contributed by atoms with Crippen molar-refractivity contribution in [2.24, 2.45) is 0 Å². The van der Waals surface area contributed by atoms with Crippen molar-refractivity contribution in [1.29, 1.82) is 0 Å². The topological polar surface area (TPSA) is 29.9 Å². The van der Waals surface area contributed by atoms with E-state index in [2.05, 4.69) is 61.6 Å². The van der Waals surface area contributed by atoms with Crippen LogP contribution in [0.1, 0.15) is 31.0 Å². The summed E-state index contributed by atoms with van der Waals surface area (Å²) in [6.45, 7) is 7.17. The molecule has 0 atom stereocenters. The van der Waals surface area contributed by atoms with Crippen molar-refractivity contribution in [3.05, 3.63) is 47.8 Å². The maximum Gasteiger partial charge on any atom is 0.0539 e. The fourth-order valence-electron chi connectivity index (χ4n) is 1.71. The highest BCUT2D eigenvalue weighted by Gasteiger charge is 2.01. The van der Waals surface area contributed by atoms with Gasteiger partial charge in [-0.15, -0.1) is 0 Å². The third kappa shape index (κ3) is 3.09. The van der Waals surface area contributed by atoms with Crippen molar-refractivity contribution in [2.75, 3.05) is 5.32 Å². The highest BCUT2D eigenvalue weighted by molar-refractivity contribution is 5.45. The van der Waals surface area contributed by atoms with Crippen LogP contribution >= 0.6 is 0 Å². The van der Waals surface area contributed by atoms with Gasteiger partial charge in [0.1, 0.15) is 0 Å². The molecule has 1 aromatic carbocycles. The normalized spacial score (nSPS) is 10.8. The molecule has 0 aliphatic heterocycles. The van der Waals surface area contributed by atoms with E-state index >= 15 is 0 Å². The van der Waals surface area contributed by atoms with Crippen LogP contribution in [0.5, 0.6) is 0 Å². The molecule has 3 nitrogen and oxygen atoms in total. The van der Waals surface area contributed by atoms with E-state index in [9.17, 15) is 0 Å². The maximum atomic E-state index is 4.32. The lowest BCUT2D eigenvalue weighted by Crippen LogP contribution is -2.01. The third-order valence-corrected chi connectivity index (χ3v) is 2.70. The molecule has 1 heterocycles. The summed E-state index contributed by atoms with van der Waals surface area (Å²) in [5.41, 5.74) is 3.63. The van der Waals surface area contributed by atoms with E-state index in [4.69, 9.17) is 0 Å². The SMILES string of the molecule is Cc1cccc(NCc2cnn(C(C)C)c2)c1. The number of anilines is 1. The number of nitrogens with zero attached hydrogens (tertiary/aromatic N) is 2. The van der Waals surface area contributed by atoms with Crippen molar-refractivity contribution in [3.63, 3.8) is 0 Å². The quantitative estimate of drug-likeness (QED) is 0.871. The standard InChI is InChI=1S/C14H19N3/c1-11(2)17-10-13(9-16-17)8-15-14-6-4-5-12(3)7-14/h4-7,9-11,15H,8H2,1-3H3. The molecular weight excluding hydrogens is 210 g/mol. The van der Waals surface area contributed by atoms with E-state index in [0.717, 1.165) is 12.2 Å². The Bertz CT molecular complexity index is 486. The number of hydrogen-bond donors (Lipinski definition) is 1. The van der Waals surface area contributed by atoms with Gasteiger partial charge in [0, 0.05) is 30.0 Å². The molecule has 2 rings (SSSR count). The molecule has 0 unspecified atom stereocenters. The van der Waals surface area contributed by atoms with Crippen LogP contribution in [0.25, 0.3) is 0 Å². The molecule has 0 radical (unpaired) electrons. The first kappa shape index (κ1) is 11.7. The second kappa shape index (κ2) is 5.04. The molecule has 0 saturated carbocycles. The minimum atomic E-state index is 0.419. The van der Waals surface area contributed by atoms with Crippen molar-refractivity contribution in [3.8, 4) is 0 Å². The Kier molecular flexibility index (Phi) is 3.47. The van der Waals surface area contributed by atoms with E-state index in [1.807, 2.05) is 10.9 Å². The van der Waals surface area contributed by atoms with E-state index in [1.165, 1.54) is 11.1 Å². The van der Waals surface area contributed by atoms with Gasteiger partial charge >= 0.3 is 0 Å². The summed E-state index contributed by atoms with van der Waals surface area (Å²) in [5.74, 6) is 0.